The molecule has 1 saturated heterocycles. The highest BCUT2D eigenvalue weighted by Gasteiger charge is 2.57. The summed E-state index contributed by atoms with van der Waals surface area (Å²) in [5.41, 5.74) is -0.664. The van der Waals surface area contributed by atoms with Crippen molar-refractivity contribution in [3.63, 3.8) is 0 Å². The fourth-order valence-electron chi connectivity index (χ4n) is 2.87. The molecule has 1 aliphatic rings. The molecule has 90 valence electrons. The number of aryl methyl sites for hydroxylation is 1. The summed E-state index contributed by atoms with van der Waals surface area (Å²) in [5.74, 6) is 0. The third kappa shape index (κ3) is 1.62. The Morgan fingerprint density at radius 1 is 1.31 bits per heavy atom. The van der Waals surface area contributed by atoms with Crippen molar-refractivity contribution in [2.24, 2.45) is 0 Å². The monoisotopic (exact) mass is 240 g/mol. The van der Waals surface area contributed by atoms with Crippen molar-refractivity contribution < 1.29 is 9.84 Å². The highest BCUT2D eigenvalue weighted by Crippen LogP contribution is 2.52. The number of thiophene rings is 1. The second kappa shape index (κ2) is 3.31. The molecule has 1 aliphatic heterocycles. The Morgan fingerprint density at radius 3 is 2.31 bits per heavy atom. The molecule has 2 heterocycles. The van der Waals surface area contributed by atoms with E-state index in [0.29, 0.717) is 6.42 Å². The van der Waals surface area contributed by atoms with Crippen molar-refractivity contribution in [3.8, 4) is 0 Å². The minimum Gasteiger partial charge on any atom is -0.382 e. The molecule has 16 heavy (non-hydrogen) atoms. The van der Waals surface area contributed by atoms with Crippen LogP contribution in [0.1, 0.15) is 44.6 Å². The van der Waals surface area contributed by atoms with E-state index in [1.54, 1.807) is 11.3 Å². The van der Waals surface area contributed by atoms with Gasteiger partial charge < -0.3 is 9.84 Å². The van der Waals surface area contributed by atoms with Crippen LogP contribution in [0.25, 0.3) is 0 Å². The molecule has 2 rings (SSSR count). The number of hydrogen-bond donors (Lipinski definition) is 1. The van der Waals surface area contributed by atoms with Crippen LogP contribution >= 0.6 is 11.3 Å². The van der Waals surface area contributed by atoms with Gasteiger partial charge in [0.1, 0.15) is 5.60 Å². The number of aliphatic hydroxyl groups is 1. The van der Waals surface area contributed by atoms with Gasteiger partial charge in [-0.05, 0) is 46.1 Å². The van der Waals surface area contributed by atoms with Gasteiger partial charge in [0.2, 0.25) is 0 Å². The molecule has 1 aromatic heterocycles. The van der Waals surface area contributed by atoms with E-state index in [1.165, 1.54) is 4.88 Å². The molecule has 0 aliphatic carbocycles. The molecule has 1 fully saturated rings. The van der Waals surface area contributed by atoms with Gasteiger partial charge in [-0.3, -0.25) is 0 Å². The van der Waals surface area contributed by atoms with Gasteiger partial charge >= 0.3 is 0 Å². The summed E-state index contributed by atoms with van der Waals surface area (Å²) < 4.78 is 5.99. The Bertz CT molecular complexity index is 406. The van der Waals surface area contributed by atoms with Crippen molar-refractivity contribution in [1.82, 2.24) is 0 Å². The summed E-state index contributed by atoms with van der Waals surface area (Å²) in [6, 6.07) is 2.02. The van der Waals surface area contributed by atoms with Crippen molar-refractivity contribution in [2.75, 3.05) is 0 Å². The molecule has 3 heteroatoms. The third-order valence-corrected chi connectivity index (χ3v) is 4.36. The van der Waals surface area contributed by atoms with Gasteiger partial charge in [-0.1, -0.05) is 0 Å². The highest BCUT2D eigenvalue weighted by atomic mass is 32.1. The van der Waals surface area contributed by atoms with Crippen LogP contribution < -0.4 is 0 Å². The molecular weight excluding hydrogens is 220 g/mol. The Balaban J connectivity index is 2.50. The Labute approximate surface area is 101 Å². The van der Waals surface area contributed by atoms with Gasteiger partial charge in [-0.2, -0.15) is 0 Å². The lowest BCUT2D eigenvalue weighted by Gasteiger charge is -2.35. The minimum absolute atomic E-state index is 0.271. The maximum atomic E-state index is 11.0. The molecular formula is C13H20O2S. The molecule has 0 saturated carbocycles. The lowest BCUT2D eigenvalue weighted by Crippen LogP contribution is -2.43. The normalized spacial score (nSPS) is 31.9. The first-order valence-corrected chi connectivity index (χ1v) is 6.53. The SMILES string of the molecule is Cc1sccc1C1(O)CC(C)(C)OC1(C)C. The van der Waals surface area contributed by atoms with Gasteiger partial charge in [-0.25, -0.2) is 0 Å². The molecule has 0 amide bonds. The van der Waals surface area contributed by atoms with Crippen LogP contribution in [0, 0.1) is 6.92 Å². The van der Waals surface area contributed by atoms with Crippen LogP contribution in [-0.4, -0.2) is 16.3 Å². The maximum Gasteiger partial charge on any atom is 0.122 e. The Kier molecular flexibility index (Phi) is 2.50. The van der Waals surface area contributed by atoms with Gasteiger partial charge in [0.15, 0.2) is 0 Å². The Hall–Kier alpha value is -0.380. The van der Waals surface area contributed by atoms with Crippen LogP contribution in [0.15, 0.2) is 11.4 Å². The van der Waals surface area contributed by atoms with Crippen LogP contribution in [0.5, 0.6) is 0 Å². The van der Waals surface area contributed by atoms with Crippen LogP contribution in [0.4, 0.5) is 0 Å². The van der Waals surface area contributed by atoms with Crippen LogP contribution in [-0.2, 0) is 10.3 Å². The van der Waals surface area contributed by atoms with E-state index in [2.05, 4.69) is 6.92 Å². The van der Waals surface area contributed by atoms with E-state index in [-0.39, 0.29) is 5.60 Å². The van der Waals surface area contributed by atoms with Crippen molar-refractivity contribution >= 4 is 11.3 Å². The number of ether oxygens (including phenoxy) is 1. The number of hydrogen-bond acceptors (Lipinski definition) is 3. The second-order valence-corrected chi connectivity index (χ2v) is 6.92. The summed E-state index contributed by atoms with van der Waals surface area (Å²) >= 11 is 1.68. The van der Waals surface area contributed by atoms with E-state index in [1.807, 2.05) is 39.1 Å². The van der Waals surface area contributed by atoms with E-state index >= 15 is 0 Å². The first-order valence-electron chi connectivity index (χ1n) is 5.65. The molecule has 2 nitrogen and oxygen atoms in total. The largest absolute Gasteiger partial charge is 0.382 e. The average molecular weight is 240 g/mol. The summed E-state index contributed by atoms with van der Waals surface area (Å²) in [4.78, 5) is 1.18. The first-order chi connectivity index (χ1) is 7.18. The fraction of sp³-hybridized carbons (Fsp3) is 0.692. The molecule has 0 spiro atoms. The van der Waals surface area contributed by atoms with E-state index < -0.39 is 11.2 Å². The lowest BCUT2D eigenvalue weighted by molar-refractivity contribution is -0.129. The topological polar surface area (TPSA) is 29.5 Å². The summed E-state index contributed by atoms with van der Waals surface area (Å²) in [6.07, 6.45) is 0.643. The van der Waals surface area contributed by atoms with Gasteiger partial charge in [0, 0.05) is 16.9 Å². The Morgan fingerprint density at radius 2 is 1.94 bits per heavy atom. The zero-order valence-corrected chi connectivity index (χ0v) is 11.4. The molecule has 0 radical (unpaired) electrons. The zero-order chi connectivity index (χ0) is 12.2. The van der Waals surface area contributed by atoms with Gasteiger partial charge in [-0.15, -0.1) is 11.3 Å². The smallest absolute Gasteiger partial charge is 0.122 e. The molecule has 1 unspecified atom stereocenters. The van der Waals surface area contributed by atoms with Crippen molar-refractivity contribution in [1.29, 1.82) is 0 Å². The average Bonchev–Trinajstić information content (AvgIpc) is 2.53. The third-order valence-electron chi connectivity index (χ3n) is 3.51. The molecule has 0 bridgehead atoms. The summed E-state index contributed by atoms with van der Waals surface area (Å²) in [5, 5.41) is 13.0. The number of rotatable bonds is 1. The quantitative estimate of drug-likeness (QED) is 0.816. The predicted molar refractivity (Wildman–Crippen MR) is 66.8 cm³/mol. The summed E-state index contributed by atoms with van der Waals surface area (Å²) in [7, 11) is 0. The van der Waals surface area contributed by atoms with E-state index in [4.69, 9.17) is 4.74 Å². The van der Waals surface area contributed by atoms with Crippen LogP contribution in [0.2, 0.25) is 0 Å². The molecule has 1 N–H and O–H groups in total. The lowest BCUT2D eigenvalue weighted by atomic mass is 9.77. The predicted octanol–water partition coefficient (Wildman–Crippen LogP) is 3.22. The van der Waals surface area contributed by atoms with Crippen LogP contribution in [0.3, 0.4) is 0 Å². The zero-order valence-electron chi connectivity index (χ0n) is 10.6. The standard InChI is InChI=1S/C13H20O2S/c1-9-10(6-7-16-9)13(14)8-11(2,3)15-12(13,4)5/h6-7,14H,8H2,1-5H3. The fourth-order valence-corrected chi connectivity index (χ4v) is 3.65. The summed E-state index contributed by atoms with van der Waals surface area (Å²) in [6.45, 7) is 10.1. The minimum atomic E-state index is -0.874. The second-order valence-electron chi connectivity index (χ2n) is 5.80. The first kappa shape index (κ1) is 12.1. The maximum absolute atomic E-state index is 11.0. The van der Waals surface area contributed by atoms with Crippen molar-refractivity contribution in [3.05, 3.63) is 21.9 Å². The molecule has 0 aromatic carbocycles. The van der Waals surface area contributed by atoms with Gasteiger partial charge in [0.05, 0.1) is 11.2 Å². The molecule has 1 aromatic rings. The van der Waals surface area contributed by atoms with E-state index in [9.17, 15) is 5.11 Å². The van der Waals surface area contributed by atoms with Crippen molar-refractivity contribution in [2.45, 2.75) is 57.8 Å². The van der Waals surface area contributed by atoms with Gasteiger partial charge in [0.25, 0.3) is 0 Å². The van der Waals surface area contributed by atoms with E-state index in [0.717, 1.165) is 5.56 Å². The molecule has 1 atom stereocenters. The highest BCUT2D eigenvalue weighted by molar-refractivity contribution is 7.10.